The molecule has 3 rings (SSSR count). The number of ether oxygens (including phenoxy) is 2. The van der Waals surface area contributed by atoms with E-state index in [2.05, 4.69) is 98.6 Å². The van der Waals surface area contributed by atoms with Crippen molar-refractivity contribution in [2.75, 3.05) is 25.7 Å². The molecule has 0 saturated carbocycles. The zero-order valence-electron chi connectivity index (χ0n) is 21.6. The quantitative estimate of drug-likeness (QED) is 0.154. The number of unbranched alkanes of at least 4 members (excludes halogenated alkanes) is 2. The first kappa shape index (κ1) is 27.7. The summed E-state index contributed by atoms with van der Waals surface area (Å²) in [5.41, 5.74) is 3.58. The third kappa shape index (κ3) is 8.63. The summed E-state index contributed by atoms with van der Waals surface area (Å²) in [6.45, 7) is 5.61. The maximum atomic E-state index is 6.17. The summed E-state index contributed by atoms with van der Waals surface area (Å²) in [6.07, 6.45) is 8.26. The Kier molecular flexibility index (Phi) is 11.7. The third-order valence-corrected chi connectivity index (χ3v) is 6.94. The topological polar surface area (TPSA) is 18.5 Å². The van der Waals surface area contributed by atoms with E-state index in [1.165, 1.54) is 9.79 Å². The standard InChI is InChI=1S/C32H34O2S2/c1-5-7-21-33-31-23-28(16-10-26-13-19-30(36-4)20-14-26)32(34-22-8-6-2)24-27(31)15-9-25-11-17-29(35-3)18-12-25/h11-14,17-20,23-24H,5-8,21-22H2,1-4H3. The Morgan fingerprint density at radius 3 is 1.31 bits per heavy atom. The van der Waals surface area contributed by atoms with Crippen LogP contribution < -0.4 is 9.47 Å². The minimum Gasteiger partial charge on any atom is -0.492 e. The van der Waals surface area contributed by atoms with E-state index in [-0.39, 0.29) is 0 Å². The Hall–Kier alpha value is -2.92. The lowest BCUT2D eigenvalue weighted by Gasteiger charge is -2.13. The molecule has 0 amide bonds. The summed E-state index contributed by atoms with van der Waals surface area (Å²) >= 11 is 3.45. The number of rotatable bonds is 10. The summed E-state index contributed by atoms with van der Waals surface area (Å²) < 4.78 is 12.3. The van der Waals surface area contributed by atoms with Crippen molar-refractivity contribution in [2.45, 2.75) is 49.3 Å². The summed E-state index contributed by atoms with van der Waals surface area (Å²) in [6, 6.07) is 20.6. The Morgan fingerprint density at radius 1 is 0.583 bits per heavy atom. The zero-order chi connectivity index (χ0) is 25.6. The molecule has 3 aromatic carbocycles. The molecule has 0 N–H and O–H groups in total. The lowest BCUT2D eigenvalue weighted by atomic mass is 10.1. The second kappa shape index (κ2) is 15.2. The van der Waals surface area contributed by atoms with E-state index in [0.717, 1.165) is 59.4 Å². The minimum atomic E-state index is 0.645. The van der Waals surface area contributed by atoms with Crippen molar-refractivity contribution in [3.8, 4) is 35.2 Å². The average molecular weight is 515 g/mol. The van der Waals surface area contributed by atoms with Gasteiger partial charge >= 0.3 is 0 Å². The average Bonchev–Trinajstić information content (AvgIpc) is 2.92. The van der Waals surface area contributed by atoms with Crippen LogP contribution in [0.25, 0.3) is 0 Å². The molecule has 0 saturated heterocycles. The maximum Gasteiger partial charge on any atom is 0.136 e. The zero-order valence-corrected chi connectivity index (χ0v) is 23.3. The molecule has 0 fully saturated rings. The summed E-state index contributed by atoms with van der Waals surface area (Å²) in [5.74, 6) is 14.7. The maximum absolute atomic E-state index is 6.17. The van der Waals surface area contributed by atoms with Gasteiger partial charge in [-0.15, -0.1) is 23.5 Å². The van der Waals surface area contributed by atoms with Gasteiger partial charge in [0.25, 0.3) is 0 Å². The Labute approximate surface area is 225 Å². The van der Waals surface area contributed by atoms with Crippen molar-refractivity contribution < 1.29 is 9.47 Å². The molecule has 0 aliphatic carbocycles. The van der Waals surface area contributed by atoms with E-state index >= 15 is 0 Å². The Bertz CT molecular complexity index is 1120. The second-order valence-electron chi connectivity index (χ2n) is 8.21. The molecular formula is C32H34O2S2. The van der Waals surface area contributed by atoms with Gasteiger partial charge in [0.1, 0.15) is 11.5 Å². The summed E-state index contributed by atoms with van der Waals surface area (Å²) in [4.78, 5) is 2.45. The molecule has 0 aliphatic heterocycles. The highest BCUT2D eigenvalue weighted by Crippen LogP contribution is 2.29. The van der Waals surface area contributed by atoms with E-state index in [4.69, 9.17) is 9.47 Å². The molecule has 2 nitrogen and oxygen atoms in total. The summed E-state index contributed by atoms with van der Waals surface area (Å²) in [7, 11) is 0. The van der Waals surface area contributed by atoms with E-state index in [1.807, 2.05) is 12.1 Å². The fourth-order valence-corrected chi connectivity index (χ4v) is 4.09. The Morgan fingerprint density at radius 2 is 0.972 bits per heavy atom. The minimum absolute atomic E-state index is 0.645. The molecular weight excluding hydrogens is 480 g/mol. The van der Waals surface area contributed by atoms with Crippen LogP contribution in [0.3, 0.4) is 0 Å². The molecule has 3 aromatic rings. The third-order valence-electron chi connectivity index (χ3n) is 5.46. The highest BCUT2D eigenvalue weighted by molar-refractivity contribution is 7.98. The van der Waals surface area contributed by atoms with Crippen LogP contribution in [0, 0.1) is 23.7 Å². The van der Waals surface area contributed by atoms with E-state index in [1.54, 1.807) is 23.5 Å². The molecule has 186 valence electrons. The van der Waals surface area contributed by atoms with Gasteiger partial charge in [0.15, 0.2) is 0 Å². The van der Waals surface area contributed by atoms with Crippen molar-refractivity contribution in [3.63, 3.8) is 0 Å². The van der Waals surface area contributed by atoms with Gasteiger partial charge in [0.2, 0.25) is 0 Å². The largest absolute Gasteiger partial charge is 0.492 e. The molecule has 0 aromatic heterocycles. The first-order valence-electron chi connectivity index (χ1n) is 12.4. The van der Waals surface area contributed by atoms with E-state index < -0.39 is 0 Å². The van der Waals surface area contributed by atoms with Crippen LogP contribution in [-0.2, 0) is 0 Å². The lowest BCUT2D eigenvalue weighted by Crippen LogP contribution is -2.03. The molecule has 0 radical (unpaired) electrons. The van der Waals surface area contributed by atoms with Gasteiger partial charge in [-0.05, 0) is 73.9 Å². The van der Waals surface area contributed by atoms with Crippen molar-refractivity contribution in [3.05, 3.63) is 82.9 Å². The Balaban J connectivity index is 2.00. The molecule has 0 atom stereocenters. The predicted molar refractivity (Wildman–Crippen MR) is 156 cm³/mol. The molecule has 0 heterocycles. The normalized spacial score (nSPS) is 10.1. The molecule has 4 heteroatoms. The van der Waals surface area contributed by atoms with Gasteiger partial charge < -0.3 is 9.47 Å². The lowest BCUT2D eigenvalue weighted by molar-refractivity contribution is 0.299. The van der Waals surface area contributed by atoms with Crippen LogP contribution in [0.2, 0.25) is 0 Å². The predicted octanol–water partition coefficient (Wildman–Crippen LogP) is 8.29. The van der Waals surface area contributed by atoms with E-state index in [9.17, 15) is 0 Å². The smallest absolute Gasteiger partial charge is 0.136 e. The van der Waals surface area contributed by atoms with Crippen LogP contribution in [0.4, 0.5) is 0 Å². The van der Waals surface area contributed by atoms with Crippen LogP contribution in [0.15, 0.2) is 70.5 Å². The number of hydrogen-bond acceptors (Lipinski definition) is 4. The van der Waals surface area contributed by atoms with Crippen molar-refractivity contribution in [1.29, 1.82) is 0 Å². The molecule has 0 spiro atoms. The van der Waals surface area contributed by atoms with Crippen molar-refractivity contribution in [1.82, 2.24) is 0 Å². The fraction of sp³-hybridized carbons (Fsp3) is 0.312. The molecule has 0 aliphatic rings. The summed E-state index contributed by atoms with van der Waals surface area (Å²) in [5, 5.41) is 0. The van der Waals surface area contributed by atoms with Crippen LogP contribution in [-0.4, -0.2) is 25.7 Å². The molecule has 36 heavy (non-hydrogen) atoms. The molecule has 0 unspecified atom stereocenters. The highest BCUT2D eigenvalue weighted by Gasteiger charge is 2.11. The van der Waals surface area contributed by atoms with Crippen LogP contribution in [0.5, 0.6) is 11.5 Å². The van der Waals surface area contributed by atoms with Gasteiger partial charge in [-0.1, -0.05) is 50.4 Å². The fourth-order valence-electron chi connectivity index (χ4n) is 3.27. The number of thioether (sulfide) groups is 2. The SMILES string of the molecule is CCCCOc1cc(C#Cc2ccc(SC)cc2)c(OCCCC)cc1C#Cc1ccc(SC)cc1. The van der Waals surface area contributed by atoms with E-state index in [0.29, 0.717) is 13.2 Å². The van der Waals surface area contributed by atoms with Crippen molar-refractivity contribution in [2.24, 2.45) is 0 Å². The number of hydrogen-bond donors (Lipinski definition) is 0. The van der Waals surface area contributed by atoms with Gasteiger partial charge in [-0.3, -0.25) is 0 Å². The van der Waals surface area contributed by atoms with Gasteiger partial charge in [-0.25, -0.2) is 0 Å². The van der Waals surface area contributed by atoms with Gasteiger partial charge in [-0.2, -0.15) is 0 Å². The highest BCUT2D eigenvalue weighted by atomic mass is 32.2. The second-order valence-corrected chi connectivity index (χ2v) is 9.96. The van der Waals surface area contributed by atoms with Gasteiger partial charge in [0, 0.05) is 33.1 Å². The van der Waals surface area contributed by atoms with Crippen LogP contribution in [0.1, 0.15) is 61.8 Å². The number of benzene rings is 3. The first-order chi connectivity index (χ1) is 17.7. The molecule has 0 bridgehead atoms. The van der Waals surface area contributed by atoms with Crippen LogP contribution >= 0.6 is 23.5 Å². The first-order valence-corrected chi connectivity index (χ1v) is 14.9. The monoisotopic (exact) mass is 514 g/mol. The van der Waals surface area contributed by atoms with Gasteiger partial charge in [0.05, 0.1) is 24.3 Å². The van der Waals surface area contributed by atoms with Crippen molar-refractivity contribution >= 4 is 23.5 Å².